The lowest BCUT2D eigenvalue weighted by atomic mass is 10.0. The van der Waals surface area contributed by atoms with Crippen LogP contribution in [0.25, 0.3) is 0 Å². The minimum atomic E-state index is -0.613. The van der Waals surface area contributed by atoms with E-state index in [1.165, 1.54) is 0 Å². The minimum Gasteiger partial charge on any atom is -0.458 e. The predicted octanol–water partition coefficient (Wildman–Crippen LogP) is 3.59. The molecule has 1 atom stereocenters. The number of nitrogens with zero attached hydrogens (tertiary/aromatic N) is 1. The summed E-state index contributed by atoms with van der Waals surface area (Å²) in [6.07, 6.45) is 0.267. The third kappa shape index (κ3) is 5.73. The number of hydrogen-bond acceptors (Lipinski definition) is 5. The highest BCUT2D eigenvalue weighted by Gasteiger charge is 2.19. The molecule has 1 N–H and O–H groups in total. The number of benzene rings is 1. The molecule has 0 saturated heterocycles. The standard InChI is InChI=1S/C15H20ClNO4/c1-10(2)21-15(18)13(17-19)8-9-14(20-3)11-4-6-12(16)7-5-11/h4-7,10,14,19H,8-9H2,1-3H3. The molecule has 0 aliphatic rings. The Morgan fingerprint density at radius 1 is 1.33 bits per heavy atom. The third-order valence-corrected chi connectivity index (χ3v) is 3.12. The van der Waals surface area contributed by atoms with Crippen LogP contribution in [0.15, 0.2) is 29.4 Å². The van der Waals surface area contributed by atoms with Gasteiger partial charge in [-0.2, -0.15) is 0 Å². The Bertz CT molecular complexity index is 485. The van der Waals surface area contributed by atoms with Crippen molar-refractivity contribution in [1.82, 2.24) is 0 Å². The van der Waals surface area contributed by atoms with Crippen molar-refractivity contribution in [2.45, 2.75) is 38.9 Å². The number of esters is 1. The monoisotopic (exact) mass is 313 g/mol. The summed E-state index contributed by atoms with van der Waals surface area (Å²) in [6, 6.07) is 7.27. The molecule has 0 aromatic heterocycles. The second-order valence-corrected chi connectivity index (χ2v) is 5.25. The van der Waals surface area contributed by atoms with Gasteiger partial charge < -0.3 is 14.7 Å². The molecular weight excluding hydrogens is 294 g/mol. The molecule has 0 heterocycles. The summed E-state index contributed by atoms with van der Waals surface area (Å²) in [5, 5.41) is 12.6. The maximum Gasteiger partial charge on any atom is 0.356 e. The van der Waals surface area contributed by atoms with Crippen molar-refractivity contribution in [3.8, 4) is 0 Å². The summed E-state index contributed by atoms with van der Waals surface area (Å²) in [5.41, 5.74) is 0.927. The molecule has 5 nitrogen and oxygen atoms in total. The highest BCUT2D eigenvalue weighted by Crippen LogP contribution is 2.24. The van der Waals surface area contributed by atoms with Gasteiger partial charge in [0.1, 0.15) is 0 Å². The second-order valence-electron chi connectivity index (χ2n) is 4.82. The van der Waals surface area contributed by atoms with Gasteiger partial charge in [0.25, 0.3) is 0 Å². The van der Waals surface area contributed by atoms with E-state index in [0.29, 0.717) is 11.4 Å². The molecule has 1 unspecified atom stereocenters. The first-order chi connectivity index (χ1) is 9.97. The zero-order valence-electron chi connectivity index (χ0n) is 12.4. The van der Waals surface area contributed by atoms with Crippen LogP contribution in [0.2, 0.25) is 5.02 Å². The lowest BCUT2D eigenvalue weighted by Gasteiger charge is -2.16. The summed E-state index contributed by atoms with van der Waals surface area (Å²) in [7, 11) is 1.58. The Balaban J connectivity index is 2.65. The van der Waals surface area contributed by atoms with E-state index >= 15 is 0 Å². The second kappa shape index (κ2) is 8.64. The van der Waals surface area contributed by atoms with Crippen molar-refractivity contribution >= 4 is 23.3 Å². The molecule has 0 fully saturated rings. The van der Waals surface area contributed by atoms with E-state index in [-0.39, 0.29) is 24.3 Å². The van der Waals surface area contributed by atoms with Crippen molar-refractivity contribution in [2.75, 3.05) is 7.11 Å². The molecule has 116 valence electrons. The average Bonchev–Trinajstić information content (AvgIpc) is 2.44. The number of methoxy groups -OCH3 is 1. The maximum atomic E-state index is 11.7. The summed E-state index contributed by atoms with van der Waals surface area (Å²) in [6.45, 7) is 3.47. The van der Waals surface area contributed by atoms with E-state index < -0.39 is 5.97 Å². The topological polar surface area (TPSA) is 68.1 Å². The summed E-state index contributed by atoms with van der Waals surface area (Å²) in [5.74, 6) is -0.613. The van der Waals surface area contributed by atoms with Gasteiger partial charge in [0.05, 0.1) is 12.2 Å². The van der Waals surface area contributed by atoms with Crippen LogP contribution in [0.3, 0.4) is 0 Å². The molecule has 0 aliphatic heterocycles. The van der Waals surface area contributed by atoms with Crippen molar-refractivity contribution in [3.05, 3.63) is 34.9 Å². The van der Waals surface area contributed by atoms with Gasteiger partial charge in [-0.1, -0.05) is 28.9 Å². The smallest absolute Gasteiger partial charge is 0.356 e. The Morgan fingerprint density at radius 2 is 1.95 bits per heavy atom. The number of ether oxygens (including phenoxy) is 2. The van der Waals surface area contributed by atoms with E-state index in [4.69, 9.17) is 26.3 Å². The quantitative estimate of drug-likeness (QED) is 0.361. The summed E-state index contributed by atoms with van der Waals surface area (Å²) >= 11 is 5.85. The largest absolute Gasteiger partial charge is 0.458 e. The molecule has 0 spiro atoms. The van der Waals surface area contributed by atoms with E-state index in [1.807, 2.05) is 12.1 Å². The molecule has 0 saturated carbocycles. The molecule has 21 heavy (non-hydrogen) atoms. The van der Waals surface area contributed by atoms with Crippen LogP contribution in [0.5, 0.6) is 0 Å². The SMILES string of the molecule is COC(CCC(=NO)C(=O)OC(C)C)c1ccc(Cl)cc1. The molecular formula is C15H20ClNO4. The van der Waals surface area contributed by atoms with Crippen LogP contribution >= 0.6 is 11.6 Å². The lowest BCUT2D eigenvalue weighted by Crippen LogP contribution is -2.22. The van der Waals surface area contributed by atoms with Crippen molar-refractivity contribution in [2.24, 2.45) is 5.16 Å². The highest BCUT2D eigenvalue weighted by molar-refractivity contribution is 6.36. The number of rotatable bonds is 7. The van der Waals surface area contributed by atoms with Crippen LogP contribution < -0.4 is 0 Å². The number of halogens is 1. The first kappa shape index (κ1) is 17.5. The average molecular weight is 314 g/mol. The molecule has 0 bridgehead atoms. The fourth-order valence-corrected chi connectivity index (χ4v) is 1.97. The van der Waals surface area contributed by atoms with E-state index in [1.54, 1.807) is 33.1 Å². The first-order valence-corrected chi connectivity index (χ1v) is 7.05. The summed E-state index contributed by atoms with van der Waals surface area (Å²) < 4.78 is 10.4. The van der Waals surface area contributed by atoms with Gasteiger partial charge >= 0.3 is 5.97 Å². The molecule has 1 aromatic rings. The van der Waals surface area contributed by atoms with Gasteiger partial charge in [0.2, 0.25) is 0 Å². The predicted molar refractivity (Wildman–Crippen MR) is 80.9 cm³/mol. The van der Waals surface area contributed by atoms with Crippen LogP contribution in [-0.4, -0.2) is 30.1 Å². The molecule has 1 rings (SSSR count). The van der Waals surface area contributed by atoms with Crippen molar-refractivity contribution in [3.63, 3.8) is 0 Å². The Hall–Kier alpha value is -1.59. The molecule has 0 aliphatic carbocycles. The normalized spacial score (nSPS) is 13.3. The van der Waals surface area contributed by atoms with E-state index in [9.17, 15) is 4.79 Å². The number of oxime groups is 1. The van der Waals surface area contributed by atoms with E-state index in [2.05, 4.69) is 5.16 Å². The zero-order valence-corrected chi connectivity index (χ0v) is 13.1. The number of carbonyl (C=O) groups excluding carboxylic acids is 1. The summed E-state index contributed by atoms with van der Waals surface area (Å²) in [4.78, 5) is 11.7. The van der Waals surface area contributed by atoms with Gasteiger partial charge in [0.15, 0.2) is 5.71 Å². The number of hydrogen-bond donors (Lipinski definition) is 1. The molecule has 1 aromatic carbocycles. The first-order valence-electron chi connectivity index (χ1n) is 6.68. The Kier molecular flexibility index (Phi) is 7.19. The van der Waals surface area contributed by atoms with Gasteiger partial charge in [-0.15, -0.1) is 0 Å². The van der Waals surface area contributed by atoms with Gasteiger partial charge in [-0.05, 0) is 38.0 Å². The van der Waals surface area contributed by atoms with Gasteiger partial charge in [-0.3, -0.25) is 0 Å². The van der Waals surface area contributed by atoms with Crippen molar-refractivity contribution < 1.29 is 19.5 Å². The van der Waals surface area contributed by atoms with E-state index in [0.717, 1.165) is 5.56 Å². The maximum absolute atomic E-state index is 11.7. The van der Waals surface area contributed by atoms with Crippen LogP contribution in [0.1, 0.15) is 38.4 Å². The number of carbonyl (C=O) groups is 1. The molecule has 0 amide bonds. The van der Waals surface area contributed by atoms with Gasteiger partial charge in [-0.25, -0.2) is 4.79 Å². The third-order valence-electron chi connectivity index (χ3n) is 2.87. The van der Waals surface area contributed by atoms with Crippen LogP contribution in [-0.2, 0) is 14.3 Å². The highest BCUT2D eigenvalue weighted by atomic mass is 35.5. The minimum absolute atomic E-state index is 0.0142. The molecule has 6 heteroatoms. The Labute approximate surface area is 129 Å². The fraction of sp³-hybridized carbons (Fsp3) is 0.467. The van der Waals surface area contributed by atoms with Crippen LogP contribution in [0, 0.1) is 0 Å². The fourth-order valence-electron chi connectivity index (χ4n) is 1.84. The lowest BCUT2D eigenvalue weighted by molar-refractivity contribution is -0.139. The van der Waals surface area contributed by atoms with Gasteiger partial charge in [0, 0.05) is 18.6 Å². The van der Waals surface area contributed by atoms with Crippen molar-refractivity contribution in [1.29, 1.82) is 0 Å². The van der Waals surface area contributed by atoms with Crippen LogP contribution in [0.4, 0.5) is 0 Å². The zero-order chi connectivity index (χ0) is 15.8. The molecule has 0 radical (unpaired) electrons. The Morgan fingerprint density at radius 3 is 2.43 bits per heavy atom.